The van der Waals surface area contributed by atoms with Crippen molar-refractivity contribution in [2.45, 2.75) is 24.6 Å². The summed E-state index contributed by atoms with van der Waals surface area (Å²) in [7, 11) is -2.59. The lowest BCUT2D eigenvalue weighted by Gasteiger charge is -2.16. The van der Waals surface area contributed by atoms with Crippen LogP contribution in [-0.2, 0) is 10.7 Å². The Bertz CT molecular complexity index is 368. The highest BCUT2D eigenvalue weighted by atomic mass is 32.2. The van der Waals surface area contributed by atoms with Crippen LogP contribution in [0.1, 0.15) is 13.8 Å². The molecule has 0 fully saturated rings. The van der Waals surface area contributed by atoms with E-state index in [1.807, 2.05) is 0 Å². The molecule has 0 atom stereocenters. The SMILES string of the molecule is CC(C)(F)Oc1ccc([SH](=O)=O)cc1. The first-order valence-corrected chi connectivity index (χ1v) is 5.18. The minimum atomic E-state index is -2.59. The lowest BCUT2D eigenvalue weighted by atomic mass is 10.3. The van der Waals surface area contributed by atoms with Gasteiger partial charge in [0.2, 0.25) is 5.85 Å². The molecule has 0 amide bonds. The summed E-state index contributed by atoms with van der Waals surface area (Å²) >= 11 is 0. The van der Waals surface area contributed by atoms with Crippen molar-refractivity contribution in [1.82, 2.24) is 0 Å². The lowest BCUT2D eigenvalue weighted by molar-refractivity contribution is -0.0257. The van der Waals surface area contributed by atoms with E-state index in [0.717, 1.165) is 0 Å². The summed E-state index contributed by atoms with van der Waals surface area (Å²) in [6.45, 7) is 2.55. The molecule has 0 radical (unpaired) electrons. The van der Waals surface area contributed by atoms with E-state index in [4.69, 9.17) is 4.74 Å². The molecule has 0 spiro atoms. The normalized spacial score (nSPS) is 11.7. The van der Waals surface area contributed by atoms with E-state index < -0.39 is 16.6 Å². The van der Waals surface area contributed by atoms with Gasteiger partial charge in [0.05, 0.1) is 4.90 Å². The van der Waals surface area contributed by atoms with Crippen LogP contribution in [0.2, 0.25) is 0 Å². The van der Waals surface area contributed by atoms with Crippen LogP contribution < -0.4 is 4.74 Å². The molecule has 0 bridgehead atoms. The first-order chi connectivity index (χ1) is 6.38. The lowest BCUT2D eigenvalue weighted by Crippen LogP contribution is -2.20. The van der Waals surface area contributed by atoms with Gasteiger partial charge in [-0.3, -0.25) is 0 Å². The van der Waals surface area contributed by atoms with E-state index in [1.54, 1.807) is 0 Å². The van der Waals surface area contributed by atoms with Gasteiger partial charge in [-0.2, -0.15) is 4.39 Å². The molecule has 0 saturated carbocycles. The zero-order valence-corrected chi connectivity index (χ0v) is 8.75. The molecule has 0 aliphatic carbocycles. The number of hydrogen-bond donors (Lipinski definition) is 1. The Morgan fingerprint density at radius 3 is 2.07 bits per heavy atom. The van der Waals surface area contributed by atoms with Crippen LogP contribution in [0, 0.1) is 0 Å². The number of thiol groups is 1. The molecule has 0 aliphatic heterocycles. The molecular formula is C9H11FO3S. The Balaban J connectivity index is 2.84. The Morgan fingerprint density at radius 2 is 1.71 bits per heavy atom. The fourth-order valence-corrected chi connectivity index (χ4v) is 1.31. The number of ether oxygens (including phenoxy) is 1. The highest BCUT2D eigenvalue weighted by Gasteiger charge is 2.16. The molecule has 0 aromatic heterocycles. The monoisotopic (exact) mass is 218 g/mol. The van der Waals surface area contributed by atoms with Crippen LogP contribution in [0.3, 0.4) is 0 Å². The predicted octanol–water partition coefficient (Wildman–Crippen LogP) is 1.74. The number of alkyl halides is 1. The Morgan fingerprint density at radius 1 is 1.21 bits per heavy atom. The van der Waals surface area contributed by atoms with Gasteiger partial charge in [0.1, 0.15) is 5.75 Å². The van der Waals surface area contributed by atoms with Crippen molar-refractivity contribution >= 4 is 10.7 Å². The van der Waals surface area contributed by atoms with Gasteiger partial charge in [0.25, 0.3) is 0 Å². The zero-order valence-electron chi connectivity index (χ0n) is 7.86. The zero-order chi connectivity index (χ0) is 10.8. The van der Waals surface area contributed by atoms with Gasteiger partial charge in [-0.25, -0.2) is 8.42 Å². The molecule has 0 N–H and O–H groups in total. The maximum Gasteiger partial charge on any atom is 0.242 e. The molecule has 1 rings (SSSR count). The van der Waals surface area contributed by atoms with Crippen LogP contribution in [0.15, 0.2) is 29.2 Å². The van der Waals surface area contributed by atoms with Gasteiger partial charge in [-0.1, -0.05) is 0 Å². The third-order valence-electron chi connectivity index (χ3n) is 1.41. The highest BCUT2D eigenvalue weighted by Crippen LogP contribution is 2.19. The standard InChI is InChI=1S/C9H11FO3S/c1-9(2,10)13-7-3-5-8(6-4-7)14(11)12/h3-6,14H,1-2H3. The molecule has 1 aromatic carbocycles. The number of rotatable bonds is 3. The Kier molecular flexibility index (Phi) is 3.10. The van der Waals surface area contributed by atoms with E-state index >= 15 is 0 Å². The molecule has 1 aromatic rings. The molecule has 3 nitrogen and oxygen atoms in total. The number of hydrogen-bond acceptors (Lipinski definition) is 3. The summed E-state index contributed by atoms with van der Waals surface area (Å²) in [5.41, 5.74) is 0. The molecule has 0 unspecified atom stereocenters. The second-order valence-electron chi connectivity index (χ2n) is 3.22. The van der Waals surface area contributed by atoms with Crippen LogP contribution in [0.25, 0.3) is 0 Å². The van der Waals surface area contributed by atoms with Crippen molar-refractivity contribution in [1.29, 1.82) is 0 Å². The van der Waals surface area contributed by atoms with E-state index in [2.05, 4.69) is 0 Å². The third-order valence-corrected chi connectivity index (χ3v) is 2.13. The molecule has 0 aliphatic rings. The molecule has 0 heterocycles. The average molecular weight is 218 g/mol. The summed E-state index contributed by atoms with van der Waals surface area (Å²) in [5, 5.41) is 0. The van der Waals surface area contributed by atoms with Crippen molar-refractivity contribution < 1.29 is 17.5 Å². The quantitative estimate of drug-likeness (QED) is 0.786. The van der Waals surface area contributed by atoms with Crippen molar-refractivity contribution in [3.8, 4) is 5.75 Å². The van der Waals surface area contributed by atoms with E-state index in [1.165, 1.54) is 38.1 Å². The minimum Gasteiger partial charge on any atom is -0.459 e. The second kappa shape index (κ2) is 3.96. The van der Waals surface area contributed by atoms with E-state index in [0.29, 0.717) is 5.75 Å². The summed E-state index contributed by atoms with van der Waals surface area (Å²) in [6.07, 6.45) is 0. The summed E-state index contributed by atoms with van der Waals surface area (Å²) in [5.74, 6) is -1.46. The van der Waals surface area contributed by atoms with Crippen LogP contribution >= 0.6 is 0 Å². The molecule has 78 valence electrons. The first kappa shape index (κ1) is 11.0. The Hall–Kier alpha value is -1.10. The van der Waals surface area contributed by atoms with Gasteiger partial charge in [-0.05, 0) is 24.3 Å². The fourth-order valence-electron chi connectivity index (χ4n) is 0.916. The van der Waals surface area contributed by atoms with Crippen molar-refractivity contribution in [2.75, 3.05) is 0 Å². The maximum atomic E-state index is 13.0. The van der Waals surface area contributed by atoms with E-state index in [9.17, 15) is 12.8 Å². The topological polar surface area (TPSA) is 43.4 Å². The summed E-state index contributed by atoms with van der Waals surface area (Å²) < 4.78 is 38.9. The number of halogens is 1. The largest absolute Gasteiger partial charge is 0.459 e. The number of benzene rings is 1. The molecule has 5 heteroatoms. The van der Waals surface area contributed by atoms with Crippen molar-refractivity contribution in [2.24, 2.45) is 0 Å². The van der Waals surface area contributed by atoms with Crippen molar-refractivity contribution in [3.63, 3.8) is 0 Å². The molecular weight excluding hydrogens is 207 g/mol. The molecule has 14 heavy (non-hydrogen) atoms. The van der Waals surface area contributed by atoms with Gasteiger partial charge in [0, 0.05) is 13.8 Å². The molecule has 0 saturated heterocycles. The van der Waals surface area contributed by atoms with Gasteiger partial charge < -0.3 is 4.74 Å². The maximum absolute atomic E-state index is 13.0. The highest BCUT2D eigenvalue weighted by molar-refractivity contribution is 7.72. The van der Waals surface area contributed by atoms with Gasteiger partial charge in [0.15, 0.2) is 10.7 Å². The summed E-state index contributed by atoms with van der Waals surface area (Å²) in [6, 6.07) is 5.57. The van der Waals surface area contributed by atoms with Crippen molar-refractivity contribution in [3.05, 3.63) is 24.3 Å². The third kappa shape index (κ3) is 3.33. The first-order valence-electron chi connectivity index (χ1n) is 4.01. The van der Waals surface area contributed by atoms with E-state index in [-0.39, 0.29) is 4.90 Å². The van der Waals surface area contributed by atoms with Crippen LogP contribution in [0.5, 0.6) is 5.75 Å². The predicted molar refractivity (Wildman–Crippen MR) is 50.8 cm³/mol. The fraction of sp³-hybridized carbons (Fsp3) is 0.333. The Labute approximate surface area is 83.5 Å². The van der Waals surface area contributed by atoms with Gasteiger partial charge in [-0.15, -0.1) is 0 Å². The second-order valence-corrected chi connectivity index (χ2v) is 4.25. The average Bonchev–Trinajstić information content (AvgIpc) is 2.02. The van der Waals surface area contributed by atoms with Crippen LogP contribution in [0.4, 0.5) is 4.39 Å². The van der Waals surface area contributed by atoms with Gasteiger partial charge >= 0.3 is 0 Å². The minimum absolute atomic E-state index is 0.184. The summed E-state index contributed by atoms with van der Waals surface area (Å²) in [4.78, 5) is 0.184. The van der Waals surface area contributed by atoms with Crippen LogP contribution in [-0.4, -0.2) is 14.3 Å². The smallest absolute Gasteiger partial charge is 0.242 e.